The molecule has 2 atom stereocenters. The van der Waals surface area contributed by atoms with Crippen molar-refractivity contribution in [3.8, 4) is 0 Å². The first kappa shape index (κ1) is 77.6. The van der Waals surface area contributed by atoms with Crippen molar-refractivity contribution in [3.63, 3.8) is 0 Å². The van der Waals surface area contributed by atoms with Crippen LogP contribution in [-0.2, 0) is 0 Å². The molecule has 0 spiro atoms. The summed E-state index contributed by atoms with van der Waals surface area (Å²) in [4.78, 5) is 0. The van der Waals surface area contributed by atoms with Crippen molar-refractivity contribution in [1.29, 1.82) is 0 Å². The normalized spacial score (nSPS) is 12.8. The van der Waals surface area contributed by atoms with Gasteiger partial charge in [-0.05, 0) is 55.4 Å². The van der Waals surface area contributed by atoms with Crippen LogP contribution in [0.15, 0.2) is 11.9 Å². The van der Waals surface area contributed by atoms with Gasteiger partial charge in [-0.3, -0.25) is 9.41 Å². The first-order valence-corrected chi connectivity index (χ1v) is 15.6. The Balaban J connectivity index is -0.0000000413. The van der Waals surface area contributed by atoms with Crippen LogP contribution in [0.1, 0.15) is 119 Å². The average Bonchev–Trinajstić information content (AvgIpc) is 2.85. The van der Waals surface area contributed by atoms with Gasteiger partial charge in [0.25, 0.3) is 24.2 Å². The minimum Gasteiger partial charge on any atom is -0.269 e. The van der Waals surface area contributed by atoms with Gasteiger partial charge in [0.1, 0.15) is 11.3 Å². The third-order valence-electron chi connectivity index (χ3n) is 4.66. The molecular formula is C32H63F23. The molecule has 0 saturated carbocycles. The van der Waals surface area contributed by atoms with Crippen LogP contribution in [0.3, 0.4) is 0 Å². The largest absolute Gasteiger partial charge is 0.269 e. The van der Waals surface area contributed by atoms with Crippen LogP contribution >= 0.6 is 0 Å². The van der Waals surface area contributed by atoms with Crippen molar-refractivity contribution in [1.82, 2.24) is 0 Å². The van der Waals surface area contributed by atoms with Gasteiger partial charge in [-0.1, -0.05) is 41.5 Å². The Kier molecular flexibility index (Phi) is 55.0. The first-order valence-electron chi connectivity index (χ1n) is 15.6. The highest BCUT2D eigenvalue weighted by molar-refractivity contribution is 4.88. The zero-order valence-electron chi connectivity index (χ0n) is 33.1. The van der Waals surface area contributed by atoms with E-state index in [0.717, 1.165) is 41.5 Å². The van der Waals surface area contributed by atoms with E-state index in [0.29, 0.717) is 20.8 Å². The van der Waals surface area contributed by atoms with E-state index in [9.17, 15) is 92.2 Å². The molecule has 0 nitrogen and oxygen atoms in total. The molecule has 0 aliphatic rings. The molecule has 0 radical (unpaired) electrons. The van der Waals surface area contributed by atoms with Gasteiger partial charge in [0, 0.05) is 15.4 Å². The van der Waals surface area contributed by atoms with Crippen LogP contribution in [0, 0.1) is 11.8 Å². The maximum absolute atomic E-state index is 12.6. The maximum Gasteiger partial charge on any atom is 0.259 e. The van der Waals surface area contributed by atoms with Gasteiger partial charge in [-0.15, -0.1) is 0 Å². The predicted molar refractivity (Wildman–Crippen MR) is 177 cm³/mol. The number of hydrogen-bond acceptors (Lipinski definition) is 0. The van der Waals surface area contributed by atoms with E-state index in [2.05, 4.69) is 0 Å². The van der Waals surface area contributed by atoms with E-state index in [1.807, 2.05) is 27.7 Å². The molecule has 0 aromatic heterocycles. The first-order chi connectivity index (χ1) is 23.1. The Hall–Kier alpha value is -1.87. The molecule has 0 aromatic rings. The summed E-state index contributed by atoms with van der Waals surface area (Å²) in [6.07, 6.45) is -19.6. The van der Waals surface area contributed by atoms with Crippen molar-refractivity contribution in [2.24, 2.45) is 11.8 Å². The standard InChI is InChI=1S/C6H11F3.C5H8F4.C5H9F3.2C4H6F4.C4H5F3.2C2H6.2FH.2H2/c1-4(5(7)8)6(2,3)9;1-3(4(6)7)5(2,8)9;1-5(2,8)3-4(6)7;2*1-4(7,8)2-3(5)6;1-3(5)2-4(6)7;2*1-2;;;;/h4-5H,1-3H3;3-4H,1-2H3;4H,3H2,1-2H3;2*3H,2H2,1H3;2,4H,1H3;2*1-2H3;4*1H/b;;;;;3-2+;;;;;;/i;;;;;;;;;;2*1+1. The quantitative estimate of drug-likeness (QED) is 0.181. The van der Waals surface area contributed by atoms with E-state index >= 15 is 0 Å². The molecule has 0 N–H and O–H groups in total. The van der Waals surface area contributed by atoms with Gasteiger partial charge in [0.2, 0.25) is 32.1 Å². The van der Waals surface area contributed by atoms with Gasteiger partial charge >= 0.3 is 0 Å². The molecule has 2 unspecified atom stereocenters. The molecular weight excluding hydrogens is 821 g/mol. The van der Waals surface area contributed by atoms with E-state index in [-0.39, 0.29) is 18.3 Å². The third-order valence-corrected chi connectivity index (χ3v) is 4.66. The Bertz CT molecular complexity index is 708. The molecule has 0 saturated heterocycles. The molecule has 0 aromatic carbocycles. The van der Waals surface area contributed by atoms with Crippen LogP contribution in [0.25, 0.3) is 0 Å². The molecule has 0 bridgehead atoms. The highest BCUT2D eigenvalue weighted by Crippen LogP contribution is 2.28. The third kappa shape index (κ3) is 95.0. The predicted octanol–water partition coefficient (Wildman–Crippen LogP) is 17.1. The minimum absolute atomic E-state index is 0. The molecule has 0 aliphatic carbocycles. The van der Waals surface area contributed by atoms with Crippen LogP contribution < -0.4 is 0 Å². The number of halogens is 23. The smallest absolute Gasteiger partial charge is 0.259 e. The summed E-state index contributed by atoms with van der Waals surface area (Å²) in [6, 6.07) is 0. The fourth-order valence-corrected chi connectivity index (χ4v) is 1.60. The Morgan fingerprint density at radius 2 is 0.727 bits per heavy atom. The van der Waals surface area contributed by atoms with Gasteiger partial charge < -0.3 is 0 Å². The second-order valence-electron chi connectivity index (χ2n) is 11.5. The molecule has 0 heterocycles. The number of hydrogen-bond donors (Lipinski definition) is 0. The van der Waals surface area contributed by atoms with Crippen molar-refractivity contribution >= 4 is 0 Å². The molecule has 23 heteroatoms. The van der Waals surface area contributed by atoms with Gasteiger partial charge in [-0.25, -0.2) is 92.2 Å². The molecule has 0 aliphatic heterocycles. The molecule has 55 heavy (non-hydrogen) atoms. The summed E-state index contributed by atoms with van der Waals surface area (Å²) in [5, 5.41) is 0. The monoisotopic (exact) mass is 886 g/mol. The van der Waals surface area contributed by atoms with Gasteiger partial charge in [0.15, 0.2) is 0 Å². The maximum atomic E-state index is 12.6. The molecule has 0 amide bonds. The van der Waals surface area contributed by atoms with E-state index in [1.165, 1.54) is 6.92 Å². The summed E-state index contributed by atoms with van der Waals surface area (Å²) < 4.78 is 241. The van der Waals surface area contributed by atoms with Crippen molar-refractivity contribution < 1.29 is 104 Å². The zero-order chi connectivity index (χ0) is 45.5. The average molecular weight is 887 g/mol. The Labute approximate surface area is 312 Å². The lowest BCUT2D eigenvalue weighted by molar-refractivity contribution is -0.0933. The van der Waals surface area contributed by atoms with Gasteiger partial charge in [-0.2, -0.15) is 0 Å². The zero-order valence-corrected chi connectivity index (χ0v) is 33.1. The lowest BCUT2D eigenvalue weighted by atomic mass is 9.95. The highest BCUT2D eigenvalue weighted by atomic mass is 19.3. The summed E-state index contributed by atoms with van der Waals surface area (Å²) in [5.41, 5.74) is -3.50. The van der Waals surface area contributed by atoms with E-state index in [4.69, 9.17) is 0 Å². The Morgan fingerprint density at radius 3 is 0.727 bits per heavy atom. The summed E-state index contributed by atoms with van der Waals surface area (Å²) in [5.74, 6) is -13.6. The van der Waals surface area contributed by atoms with Crippen molar-refractivity contribution in [2.75, 3.05) is 0 Å². The van der Waals surface area contributed by atoms with Crippen LogP contribution in [0.5, 0.6) is 0 Å². The summed E-state index contributed by atoms with van der Waals surface area (Å²) >= 11 is 0. The SMILES string of the molecule is C/C(F)=C\C(F)F.CC.CC.CC(C(F)F)C(C)(C)F.CC(C(F)F)C(C)(F)F.CC(C)(F)CC(F)F.CC(F)(F)CC(F)F.CC(F)(F)CC(F)F.F.F.[2HH].[2HH]. The summed E-state index contributed by atoms with van der Waals surface area (Å²) in [6.45, 7) is 17.0. The van der Waals surface area contributed by atoms with Crippen molar-refractivity contribution in [2.45, 2.75) is 184 Å². The number of rotatable bonds is 11. The Morgan fingerprint density at radius 1 is 0.491 bits per heavy atom. The lowest BCUT2D eigenvalue weighted by Gasteiger charge is -2.21. The number of allylic oxidation sites excluding steroid dienone is 2. The van der Waals surface area contributed by atoms with Crippen molar-refractivity contribution in [3.05, 3.63) is 11.9 Å². The molecule has 352 valence electrons. The lowest BCUT2D eigenvalue weighted by Crippen LogP contribution is -2.28. The summed E-state index contributed by atoms with van der Waals surface area (Å²) in [7, 11) is 0. The second kappa shape index (κ2) is 39.0. The highest BCUT2D eigenvalue weighted by Gasteiger charge is 2.36. The number of alkyl halides is 20. The van der Waals surface area contributed by atoms with E-state index < -0.39 is 105 Å². The second-order valence-corrected chi connectivity index (χ2v) is 11.5. The molecule has 0 fully saturated rings. The van der Waals surface area contributed by atoms with Crippen LogP contribution in [0.2, 0.25) is 0 Å². The fourth-order valence-electron chi connectivity index (χ4n) is 1.60. The van der Waals surface area contributed by atoms with E-state index in [1.54, 1.807) is 0 Å². The topological polar surface area (TPSA) is 0 Å². The van der Waals surface area contributed by atoms with Crippen LogP contribution in [-0.4, -0.2) is 67.7 Å². The fraction of sp³-hybridized carbons (Fsp3) is 0.938. The van der Waals surface area contributed by atoms with Gasteiger partial charge in [0.05, 0.1) is 30.5 Å². The minimum atomic E-state index is -3.27. The molecule has 0 rings (SSSR count). The van der Waals surface area contributed by atoms with Crippen LogP contribution in [0.4, 0.5) is 102 Å².